The van der Waals surface area contributed by atoms with Gasteiger partial charge in [-0.05, 0) is 38.8 Å². The van der Waals surface area contributed by atoms with Crippen LogP contribution in [0.4, 0.5) is 0 Å². The van der Waals surface area contributed by atoms with E-state index in [1.807, 2.05) is 7.05 Å². The van der Waals surface area contributed by atoms with Crippen LogP contribution < -0.4 is 5.32 Å². The molecule has 1 aliphatic rings. The Kier molecular flexibility index (Phi) is 7.77. The minimum absolute atomic E-state index is 0. The van der Waals surface area contributed by atoms with E-state index in [0.29, 0.717) is 11.8 Å². The Morgan fingerprint density at radius 2 is 2.06 bits per heavy atom. The molecule has 0 spiro atoms. The van der Waals surface area contributed by atoms with Crippen molar-refractivity contribution in [2.75, 3.05) is 26.7 Å². The number of hydrogen-bond acceptors (Lipinski definition) is 2. The summed E-state index contributed by atoms with van der Waals surface area (Å²) >= 11 is 0. The highest BCUT2D eigenvalue weighted by atomic mass is 35.5. The van der Waals surface area contributed by atoms with E-state index in [1.54, 1.807) is 0 Å². The second-order valence-electron chi connectivity index (χ2n) is 4.51. The molecule has 1 unspecified atom stereocenters. The molecule has 0 saturated carbocycles. The minimum Gasteiger partial charge on any atom is -0.342 e. The Morgan fingerprint density at radius 3 is 2.56 bits per heavy atom. The maximum atomic E-state index is 12.1. The first-order valence-electron chi connectivity index (χ1n) is 6.16. The summed E-state index contributed by atoms with van der Waals surface area (Å²) in [7, 11) is 1.98. The summed E-state index contributed by atoms with van der Waals surface area (Å²) in [5.41, 5.74) is 0. The lowest BCUT2D eigenvalue weighted by atomic mass is 10.0. The first kappa shape index (κ1) is 15.7. The molecule has 16 heavy (non-hydrogen) atoms. The number of likely N-dealkylation sites (tertiary alicyclic amines) is 1. The summed E-state index contributed by atoms with van der Waals surface area (Å²) in [6.07, 6.45) is 3.11. The lowest BCUT2D eigenvalue weighted by molar-refractivity contribution is -0.134. The zero-order valence-corrected chi connectivity index (χ0v) is 11.5. The summed E-state index contributed by atoms with van der Waals surface area (Å²) in [4.78, 5) is 14.1. The van der Waals surface area contributed by atoms with Crippen molar-refractivity contribution in [3.05, 3.63) is 0 Å². The number of amides is 1. The van der Waals surface area contributed by atoms with E-state index in [4.69, 9.17) is 0 Å². The van der Waals surface area contributed by atoms with Gasteiger partial charge >= 0.3 is 0 Å². The number of rotatable bonds is 5. The van der Waals surface area contributed by atoms with Crippen LogP contribution in [0.5, 0.6) is 0 Å². The van der Waals surface area contributed by atoms with Crippen LogP contribution in [0.15, 0.2) is 0 Å². The van der Waals surface area contributed by atoms with Crippen LogP contribution in [0.2, 0.25) is 0 Å². The van der Waals surface area contributed by atoms with Crippen molar-refractivity contribution in [2.45, 2.75) is 33.1 Å². The number of carbonyl (C=O) groups is 1. The largest absolute Gasteiger partial charge is 0.342 e. The fourth-order valence-electron chi connectivity index (χ4n) is 2.38. The molecular weight excluding hydrogens is 224 g/mol. The third-order valence-corrected chi connectivity index (χ3v) is 3.43. The summed E-state index contributed by atoms with van der Waals surface area (Å²) in [5.74, 6) is 1.28. The van der Waals surface area contributed by atoms with Gasteiger partial charge in [-0.1, -0.05) is 13.8 Å². The van der Waals surface area contributed by atoms with Crippen LogP contribution in [-0.4, -0.2) is 37.5 Å². The van der Waals surface area contributed by atoms with Crippen LogP contribution in [0.3, 0.4) is 0 Å². The predicted molar refractivity (Wildman–Crippen MR) is 69.9 cm³/mol. The molecule has 1 saturated heterocycles. The molecule has 1 rings (SSSR count). The zero-order chi connectivity index (χ0) is 11.3. The highest BCUT2D eigenvalue weighted by Gasteiger charge is 2.28. The first-order valence-corrected chi connectivity index (χ1v) is 6.16. The molecule has 0 bridgehead atoms. The van der Waals surface area contributed by atoms with Crippen molar-refractivity contribution in [2.24, 2.45) is 11.8 Å². The van der Waals surface area contributed by atoms with Crippen LogP contribution in [0, 0.1) is 11.8 Å². The maximum Gasteiger partial charge on any atom is 0.225 e. The SMILES string of the molecule is CCC(CC)C(=O)N1CCC(CNC)C1.Cl. The van der Waals surface area contributed by atoms with Gasteiger partial charge in [0.05, 0.1) is 0 Å². The lowest BCUT2D eigenvalue weighted by Crippen LogP contribution is -2.34. The highest BCUT2D eigenvalue weighted by molar-refractivity contribution is 5.85. The molecular formula is C12H25ClN2O. The van der Waals surface area contributed by atoms with E-state index >= 15 is 0 Å². The number of nitrogens with zero attached hydrogens (tertiary/aromatic N) is 1. The number of nitrogens with one attached hydrogen (secondary N) is 1. The van der Waals surface area contributed by atoms with Gasteiger partial charge in [-0.2, -0.15) is 0 Å². The zero-order valence-electron chi connectivity index (χ0n) is 10.7. The monoisotopic (exact) mass is 248 g/mol. The van der Waals surface area contributed by atoms with Crippen LogP contribution in [0.1, 0.15) is 33.1 Å². The molecule has 1 N–H and O–H groups in total. The molecule has 1 aliphatic heterocycles. The molecule has 96 valence electrons. The van der Waals surface area contributed by atoms with Crippen molar-refractivity contribution >= 4 is 18.3 Å². The first-order chi connectivity index (χ1) is 7.22. The normalized spacial score (nSPS) is 20.0. The van der Waals surface area contributed by atoms with Crippen molar-refractivity contribution in [3.8, 4) is 0 Å². The average Bonchev–Trinajstić information content (AvgIpc) is 2.68. The van der Waals surface area contributed by atoms with Gasteiger partial charge in [0.25, 0.3) is 0 Å². The topological polar surface area (TPSA) is 32.3 Å². The van der Waals surface area contributed by atoms with E-state index in [1.165, 1.54) is 0 Å². The number of carbonyl (C=O) groups excluding carboxylic acids is 1. The van der Waals surface area contributed by atoms with Crippen molar-refractivity contribution in [1.29, 1.82) is 0 Å². The summed E-state index contributed by atoms with van der Waals surface area (Å²) in [6.45, 7) is 7.16. The Bertz CT molecular complexity index is 207. The Balaban J connectivity index is 0.00000225. The summed E-state index contributed by atoms with van der Waals surface area (Å²) in [5, 5.41) is 3.19. The Labute approximate surface area is 105 Å². The van der Waals surface area contributed by atoms with Crippen molar-refractivity contribution < 1.29 is 4.79 Å². The van der Waals surface area contributed by atoms with Gasteiger partial charge in [-0.3, -0.25) is 4.79 Å². The molecule has 1 amide bonds. The molecule has 0 aliphatic carbocycles. The molecule has 1 atom stereocenters. The van der Waals surface area contributed by atoms with Crippen molar-refractivity contribution in [1.82, 2.24) is 10.2 Å². The van der Waals surface area contributed by atoms with Gasteiger partial charge in [0.1, 0.15) is 0 Å². The standard InChI is InChI=1S/C12H24N2O.ClH/c1-4-11(5-2)12(15)14-7-6-10(9-14)8-13-3;/h10-11,13H,4-9H2,1-3H3;1H. The van der Waals surface area contributed by atoms with Crippen molar-refractivity contribution in [3.63, 3.8) is 0 Å². The number of halogens is 1. The van der Waals surface area contributed by atoms with Gasteiger partial charge < -0.3 is 10.2 Å². The molecule has 1 heterocycles. The minimum atomic E-state index is 0. The van der Waals surface area contributed by atoms with Gasteiger partial charge in [-0.15, -0.1) is 12.4 Å². The molecule has 0 aromatic carbocycles. The fourth-order valence-corrected chi connectivity index (χ4v) is 2.38. The second-order valence-corrected chi connectivity index (χ2v) is 4.51. The number of hydrogen-bond donors (Lipinski definition) is 1. The van der Waals surface area contributed by atoms with E-state index < -0.39 is 0 Å². The molecule has 0 aromatic heterocycles. The average molecular weight is 249 g/mol. The van der Waals surface area contributed by atoms with Crippen LogP contribution in [-0.2, 0) is 4.79 Å². The van der Waals surface area contributed by atoms with Crippen LogP contribution >= 0.6 is 12.4 Å². The Morgan fingerprint density at radius 1 is 1.44 bits per heavy atom. The van der Waals surface area contributed by atoms with E-state index in [0.717, 1.165) is 38.9 Å². The fraction of sp³-hybridized carbons (Fsp3) is 0.917. The molecule has 3 nitrogen and oxygen atoms in total. The summed E-state index contributed by atoms with van der Waals surface area (Å²) in [6, 6.07) is 0. The van der Waals surface area contributed by atoms with E-state index in [9.17, 15) is 4.79 Å². The smallest absolute Gasteiger partial charge is 0.225 e. The van der Waals surface area contributed by atoms with Gasteiger partial charge in [0, 0.05) is 19.0 Å². The third kappa shape index (κ3) is 3.95. The quantitative estimate of drug-likeness (QED) is 0.806. The van der Waals surface area contributed by atoms with Gasteiger partial charge in [0.15, 0.2) is 0 Å². The second kappa shape index (κ2) is 7.91. The molecule has 0 aromatic rings. The van der Waals surface area contributed by atoms with Gasteiger partial charge in [-0.25, -0.2) is 0 Å². The van der Waals surface area contributed by atoms with E-state index in [2.05, 4.69) is 24.1 Å². The van der Waals surface area contributed by atoms with Crippen LogP contribution in [0.25, 0.3) is 0 Å². The summed E-state index contributed by atoms with van der Waals surface area (Å²) < 4.78 is 0. The molecule has 0 radical (unpaired) electrons. The Hall–Kier alpha value is -0.280. The maximum absolute atomic E-state index is 12.1. The lowest BCUT2D eigenvalue weighted by Gasteiger charge is -2.21. The predicted octanol–water partition coefficient (Wildman–Crippen LogP) is 1.91. The third-order valence-electron chi connectivity index (χ3n) is 3.43. The molecule has 1 fully saturated rings. The van der Waals surface area contributed by atoms with E-state index in [-0.39, 0.29) is 18.3 Å². The highest BCUT2D eigenvalue weighted by Crippen LogP contribution is 2.20. The molecule has 4 heteroatoms. The van der Waals surface area contributed by atoms with Gasteiger partial charge in [0.2, 0.25) is 5.91 Å².